The molecule has 1 aromatic heterocycles. The van der Waals surface area contributed by atoms with Gasteiger partial charge in [-0.05, 0) is 53.9 Å². The maximum absolute atomic E-state index is 13.3. The van der Waals surface area contributed by atoms with Crippen LogP contribution < -0.4 is 10.5 Å². The van der Waals surface area contributed by atoms with Crippen molar-refractivity contribution in [2.45, 2.75) is 59.3 Å². The van der Waals surface area contributed by atoms with E-state index in [2.05, 4.69) is 31.0 Å². The third-order valence-corrected chi connectivity index (χ3v) is 6.08. The van der Waals surface area contributed by atoms with Crippen molar-refractivity contribution in [3.05, 3.63) is 62.6 Å². The van der Waals surface area contributed by atoms with E-state index in [0.29, 0.717) is 36.6 Å². The number of nitrogens with one attached hydrogen (secondary N) is 1. The molecule has 1 amide bonds. The van der Waals surface area contributed by atoms with Crippen molar-refractivity contribution >= 4 is 17.4 Å². The minimum atomic E-state index is -0.412. The maximum atomic E-state index is 13.3. The molecule has 1 N–H and O–H groups in total. The van der Waals surface area contributed by atoms with Crippen LogP contribution in [0.3, 0.4) is 0 Å². The smallest absolute Gasteiger partial charge is 0.263 e. The van der Waals surface area contributed by atoms with E-state index in [1.165, 1.54) is 11.6 Å². The van der Waals surface area contributed by atoms with Crippen molar-refractivity contribution in [3.8, 4) is 0 Å². The van der Waals surface area contributed by atoms with Gasteiger partial charge in [0, 0.05) is 29.9 Å². The number of aromatic amines is 1. The minimum absolute atomic E-state index is 0.0119. The van der Waals surface area contributed by atoms with Gasteiger partial charge in [0.1, 0.15) is 5.56 Å². The van der Waals surface area contributed by atoms with Crippen molar-refractivity contribution in [1.29, 1.82) is 0 Å². The van der Waals surface area contributed by atoms with Crippen LogP contribution in [0.15, 0.2) is 29.1 Å². The highest BCUT2D eigenvalue weighted by atomic mass is 16.2. The number of carbonyl (C=O) groups excluding carboxylic acids is 2. The van der Waals surface area contributed by atoms with E-state index in [9.17, 15) is 14.4 Å². The summed E-state index contributed by atoms with van der Waals surface area (Å²) in [6.45, 7) is 8.91. The summed E-state index contributed by atoms with van der Waals surface area (Å²) in [5.74, 6) is 0.0808. The molecule has 2 heterocycles. The molecule has 4 rings (SSSR count). The molecule has 2 aliphatic rings. The molecule has 0 fully saturated rings. The van der Waals surface area contributed by atoms with Gasteiger partial charge < -0.3 is 9.88 Å². The summed E-state index contributed by atoms with van der Waals surface area (Å²) in [7, 11) is 0. The van der Waals surface area contributed by atoms with E-state index < -0.39 is 5.56 Å². The zero-order valence-electron chi connectivity index (χ0n) is 17.6. The molecule has 0 saturated carbocycles. The van der Waals surface area contributed by atoms with Gasteiger partial charge in [-0.1, -0.05) is 39.8 Å². The van der Waals surface area contributed by atoms with Crippen LogP contribution in [0.5, 0.6) is 0 Å². The highest BCUT2D eigenvalue weighted by Gasteiger charge is 2.34. The monoisotopic (exact) mass is 392 g/mol. The quantitative estimate of drug-likeness (QED) is 0.831. The van der Waals surface area contributed by atoms with Crippen molar-refractivity contribution < 1.29 is 9.59 Å². The average Bonchev–Trinajstić information content (AvgIpc) is 2.65. The number of benzene rings is 1. The zero-order chi connectivity index (χ0) is 20.9. The number of Topliss-reactive ketones (excluding diaryl/α,β-unsaturated/α-hetero) is 1. The Morgan fingerprint density at radius 3 is 2.62 bits per heavy atom. The molecule has 1 aliphatic carbocycles. The van der Waals surface area contributed by atoms with E-state index in [0.717, 1.165) is 24.1 Å². The van der Waals surface area contributed by atoms with E-state index in [4.69, 9.17) is 0 Å². The molecule has 152 valence electrons. The lowest BCUT2D eigenvalue weighted by molar-refractivity contribution is 0.0910. The summed E-state index contributed by atoms with van der Waals surface area (Å²) in [6, 6.07) is 7.73. The number of carbonyl (C=O) groups is 2. The fourth-order valence-electron chi connectivity index (χ4n) is 4.52. The molecule has 0 bridgehead atoms. The number of fused-ring (bicyclic) bond motifs is 2. The third kappa shape index (κ3) is 3.54. The first-order valence-electron chi connectivity index (χ1n) is 10.4. The Labute approximate surface area is 171 Å². The third-order valence-electron chi connectivity index (χ3n) is 6.08. The number of anilines is 1. The summed E-state index contributed by atoms with van der Waals surface area (Å²) < 4.78 is 0. The van der Waals surface area contributed by atoms with Gasteiger partial charge in [-0.15, -0.1) is 0 Å². The van der Waals surface area contributed by atoms with Crippen LogP contribution in [0.25, 0.3) is 0 Å². The number of ketones is 1. The second-order valence-electron chi connectivity index (χ2n) is 9.45. The Morgan fingerprint density at radius 2 is 1.90 bits per heavy atom. The number of pyridine rings is 1. The fraction of sp³-hybridized carbons (Fsp3) is 0.458. The first-order chi connectivity index (χ1) is 13.7. The zero-order valence-corrected chi connectivity index (χ0v) is 17.6. The second-order valence-corrected chi connectivity index (χ2v) is 9.45. The minimum Gasteiger partial charge on any atom is -0.325 e. The molecule has 29 heavy (non-hydrogen) atoms. The Morgan fingerprint density at radius 1 is 1.14 bits per heavy atom. The molecular formula is C24H28N2O3. The SMILES string of the molecule is CC(C)c1ccc2c(c1)CCCN2C(=O)c1cc2c([nH]c1=O)CC(C)(C)CC2=O. The fourth-order valence-corrected chi connectivity index (χ4v) is 4.52. The number of hydrogen-bond acceptors (Lipinski definition) is 3. The maximum Gasteiger partial charge on any atom is 0.263 e. The van der Waals surface area contributed by atoms with Gasteiger partial charge in [-0.3, -0.25) is 14.4 Å². The second kappa shape index (κ2) is 6.97. The highest BCUT2D eigenvalue weighted by molar-refractivity contribution is 6.08. The van der Waals surface area contributed by atoms with Crippen LogP contribution in [0.2, 0.25) is 0 Å². The Hall–Kier alpha value is -2.69. The van der Waals surface area contributed by atoms with E-state index in [1.807, 2.05) is 19.9 Å². The molecule has 0 atom stereocenters. The Balaban J connectivity index is 1.73. The number of aryl methyl sites for hydroxylation is 1. The average molecular weight is 392 g/mol. The van der Waals surface area contributed by atoms with Crippen molar-refractivity contribution in [2.75, 3.05) is 11.4 Å². The molecule has 1 aliphatic heterocycles. The molecule has 0 unspecified atom stereocenters. The number of hydrogen-bond donors (Lipinski definition) is 1. The molecule has 0 radical (unpaired) electrons. The Bertz CT molecular complexity index is 1060. The van der Waals surface area contributed by atoms with Gasteiger partial charge in [0.05, 0.1) is 0 Å². The predicted octanol–water partition coefficient (Wildman–Crippen LogP) is 4.25. The summed E-state index contributed by atoms with van der Waals surface area (Å²) in [5, 5.41) is 0. The number of amides is 1. The van der Waals surface area contributed by atoms with Gasteiger partial charge in [0.25, 0.3) is 11.5 Å². The number of aromatic nitrogens is 1. The largest absolute Gasteiger partial charge is 0.325 e. The summed E-state index contributed by atoms with van der Waals surface area (Å²) in [4.78, 5) is 43.2. The lowest BCUT2D eigenvalue weighted by atomic mass is 9.75. The standard InChI is InChI=1S/C24H28N2O3/c1-14(2)15-7-8-20-16(10-15)6-5-9-26(20)23(29)18-11-17-19(25-22(18)28)12-24(3,4)13-21(17)27/h7-8,10-11,14H,5-6,9,12-13H2,1-4H3,(H,25,28). The van der Waals surface area contributed by atoms with Gasteiger partial charge in [0.2, 0.25) is 0 Å². The van der Waals surface area contributed by atoms with Crippen molar-refractivity contribution in [3.63, 3.8) is 0 Å². The van der Waals surface area contributed by atoms with Gasteiger partial charge in [-0.2, -0.15) is 0 Å². The van der Waals surface area contributed by atoms with Crippen LogP contribution in [-0.4, -0.2) is 23.2 Å². The normalized spacial score (nSPS) is 17.8. The van der Waals surface area contributed by atoms with Crippen LogP contribution in [0, 0.1) is 5.41 Å². The molecule has 0 saturated heterocycles. The first-order valence-corrected chi connectivity index (χ1v) is 10.4. The lowest BCUT2D eigenvalue weighted by Gasteiger charge is -2.31. The van der Waals surface area contributed by atoms with Crippen LogP contribution in [0.1, 0.15) is 84.0 Å². The molecular weight excluding hydrogens is 364 g/mol. The molecule has 1 aromatic carbocycles. The van der Waals surface area contributed by atoms with Crippen molar-refractivity contribution in [2.24, 2.45) is 5.41 Å². The van der Waals surface area contributed by atoms with E-state index >= 15 is 0 Å². The first kappa shape index (κ1) is 19.6. The number of nitrogens with zero attached hydrogens (tertiary/aromatic N) is 1. The summed E-state index contributed by atoms with van der Waals surface area (Å²) in [5.41, 5.74) is 3.85. The van der Waals surface area contributed by atoms with Gasteiger partial charge in [-0.25, -0.2) is 0 Å². The molecule has 5 nitrogen and oxygen atoms in total. The summed E-state index contributed by atoms with van der Waals surface area (Å²) in [6.07, 6.45) is 2.83. The highest BCUT2D eigenvalue weighted by Crippen LogP contribution is 2.34. The number of H-pyrrole nitrogens is 1. The number of rotatable bonds is 2. The molecule has 0 spiro atoms. The topological polar surface area (TPSA) is 70.2 Å². The van der Waals surface area contributed by atoms with Crippen LogP contribution in [-0.2, 0) is 12.8 Å². The van der Waals surface area contributed by atoms with Crippen LogP contribution >= 0.6 is 0 Å². The predicted molar refractivity (Wildman–Crippen MR) is 114 cm³/mol. The molecule has 5 heteroatoms. The molecule has 2 aromatic rings. The van der Waals surface area contributed by atoms with Crippen molar-refractivity contribution in [1.82, 2.24) is 4.98 Å². The summed E-state index contributed by atoms with van der Waals surface area (Å²) >= 11 is 0. The van der Waals surface area contributed by atoms with Crippen LogP contribution in [0.4, 0.5) is 5.69 Å². The van der Waals surface area contributed by atoms with E-state index in [-0.39, 0.29) is 22.7 Å². The Kier molecular flexibility index (Phi) is 4.72. The van der Waals surface area contributed by atoms with Gasteiger partial charge >= 0.3 is 0 Å². The van der Waals surface area contributed by atoms with Gasteiger partial charge in [0.15, 0.2) is 5.78 Å². The lowest BCUT2D eigenvalue weighted by Crippen LogP contribution is -2.39. The van der Waals surface area contributed by atoms with E-state index in [1.54, 1.807) is 4.90 Å².